The Labute approximate surface area is 42.7 Å². The van der Waals surface area contributed by atoms with Crippen molar-refractivity contribution in [3.05, 3.63) is 6.42 Å². The summed E-state index contributed by atoms with van der Waals surface area (Å²) in [5.41, 5.74) is 0. The first-order valence-corrected chi connectivity index (χ1v) is 2.25. The molecule has 0 aromatic heterocycles. The first kappa shape index (κ1) is 4.39. The van der Waals surface area contributed by atoms with Crippen molar-refractivity contribution in [3.63, 3.8) is 0 Å². The van der Waals surface area contributed by atoms with Crippen molar-refractivity contribution < 1.29 is 4.79 Å². The van der Waals surface area contributed by atoms with E-state index in [0.29, 0.717) is 6.42 Å². The molecule has 1 rings (SSSR count). The highest BCUT2D eigenvalue weighted by atomic mass is 16.1. The fraction of sp³-hybridized carbons (Fsp3) is 0.333. The van der Waals surface area contributed by atoms with Gasteiger partial charge in [-0.25, -0.2) is 0 Å². The Morgan fingerprint density at radius 2 is 2.57 bits per heavy atom. The number of Topliss-reactive ketones (excluding diaryl/α,β-unsaturated/α-hetero) is 1. The quantitative estimate of drug-likeness (QED) is 0.316. The molecule has 1 heteroatoms. The van der Waals surface area contributed by atoms with Gasteiger partial charge in [-0.05, 0) is 12.3 Å². The second kappa shape index (κ2) is 1.79. The second-order valence-corrected chi connectivity index (χ2v) is 1.44. The summed E-state index contributed by atoms with van der Waals surface area (Å²) in [5.74, 6) is 5.12. The minimum absolute atomic E-state index is 0.0718. The van der Waals surface area contributed by atoms with E-state index in [1.165, 1.54) is 0 Å². The number of hydrogen-bond donors (Lipinski definition) is 0. The van der Waals surface area contributed by atoms with Gasteiger partial charge in [0.1, 0.15) is 0 Å². The highest BCUT2D eigenvalue weighted by molar-refractivity contribution is 5.96. The molecule has 1 aliphatic carbocycles. The second-order valence-electron chi connectivity index (χ2n) is 1.44. The highest BCUT2D eigenvalue weighted by Gasteiger charge is 1.98. The van der Waals surface area contributed by atoms with E-state index < -0.39 is 0 Å². The molecule has 0 aliphatic heterocycles. The van der Waals surface area contributed by atoms with Crippen molar-refractivity contribution in [1.29, 1.82) is 0 Å². The number of ketones is 1. The zero-order chi connectivity index (χ0) is 5.11. The maximum absolute atomic E-state index is 10.3. The predicted molar refractivity (Wildman–Crippen MR) is 26.3 cm³/mol. The van der Waals surface area contributed by atoms with Gasteiger partial charge in [-0.1, -0.05) is 5.92 Å². The van der Waals surface area contributed by atoms with E-state index >= 15 is 0 Å². The van der Waals surface area contributed by atoms with Crippen LogP contribution in [0.1, 0.15) is 12.8 Å². The molecule has 0 saturated heterocycles. The molecule has 0 atom stereocenters. The molecule has 0 amide bonds. The van der Waals surface area contributed by atoms with E-state index in [0.717, 1.165) is 6.42 Å². The van der Waals surface area contributed by atoms with Crippen LogP contribution in [-0.2, 0) is 4.79 Å². The fourth-order valence-electron chi connectivity index (χ4n) is 0.469. The molecule has 0 N–H and O–H groups in total. The van der Waals surface area contributed by atoms with Gasteiger partial charge in [-0.15, -0.1) is 0 Å². The fourth-order valence-corrected chi connectivity index (χ4v) is 0.469. The Morgan fingerprint density at radius 1 is 1.71 bits per heavy atom. The smallest absolute Gasteiger partial charge is 0.205 e. The van der Waals surface area contributed by atoms with Crippen molar-refractivity contribution in [2.45, 2.75) is 12.8 Å². The lowest BCUT2D eigenvalue weighted by Gasteiger charge is -1.91. The number of carbonyl (C=O) groups excluding carboxylic acids is 1. The van der Waals surface area contributed by atoms with Crippen molar-refractivity contribution in [3.8, 4) is 11.8 Å². The molecule has 0 bridgehead atoms. The summed E-state index contributed by atoms with van der Waals surface area (Å²) in [5, 5.41) is 0. The maximum atomic E-state index is 10.3. The zero-order valence-electron chi connectivity index (χ0n) is 3.90. The summed E-state index contributed by atoms with van der Waals surface area (Å²) in [6, 6.07) is 0. The average molecular weight is 93.1 g/mol. The Bertz CT molecular complexity index is 136. The summed E-state index contributed by atoms with van der Waals surface area (Å²) >= 11 is 0. The predicted octanol–water partition coefficient (Wildman–Crippen LogP) is 0.557. The van der Waals surface area contributed by atoms with Crippen LogP contribution in [0.15, 0.2) is 0 Å². The van der Waals surface area contributed by atoms with Crippen LogP contribution in [0.5, 0.6) is 0 Å². The van der Waals surface area contributed by atoms with Crippen LogP contribution < -0.4 is 0 Å². The minimum Gasteiger partial charge on any atom is -0.285 e. The lowest BCUT2D eigenvalue weighted by atomic mass is 10.1. The number of carbonyl (C=O) groups is 1. The van der Waals surface area contributed by atoms with Gasteiger partial charge in [0.15, 0.2) is 0 Å². The van der Waals surface area contributed by atoms with Gasteiger partial charge >= 0.3 is 0 Å². The van der Waals surface area contributed by atoms with Crippen molar-refractivity contribution in [2.24, 2.45) is 0 Å². The summed E-state index contributed by atoms with van der Waals surface area (Å²) < 4.78 is 0. The third-order valence-electron chi connectivity index (χ3n) is 0.829. The van der Waals surface area contributed by atoms with Gasteiger partial charge in [0.2, 0.25) is 5.78 Å². The van der Waals surface area contributed by atoms with Crippen molar-refractivity contribution in [1.82, 2.24) is 0 Å². The maximum Gasteiger partial charge on any atom is 0.205 e. The van der Waals surface area contributed by atoms with Crippen LogP contribution in [0.2, 0.25) is 0 Å². The highest BCUT2D eigenvalue weighted by Crippen LogP contribution is 1.97. The van der Waals surface area contributed by atoms with Crippen molar-refractivity contribution in [2.75, 3.05) is 0 Å². The van der Waals surface area contributed by atoms with E-state index in [-0.39, 0.29) is 5.78 Å². The van der Waals surface area contributed by atoms with Crippen LogP contribution in [0, 0.1) is 18.3 Å². The van der Waals surface area contributed by atoms with Crippen LogP contribution >= 0.6 is 0 Å². The largest absolute Gasteiger partial charge is 0.285 e. The summed E-state index contributed by atoms with van der Waals surface area (Å²) in [7, 11) is 0. The summed E-state index contributed by atoms with van der Waals surface area (Å²) in [6.07, 6.45) is 3.28. The number of rotatable bonds is 0. The van der Waals surface area contributed by atoms with Gasteiger partial charge in [-0.2, -0.15) is 0 Å². The molecular formula is C6H5O. The third kappa shape index (κ3) is 1.04. The average Bonchev–Trinajstić information content (AvgIpc) is 1.69. The molecule has 35 valence electrons. The summed E-state index contributed by atoms with van der Waals surface area (Å²) in [4.78, 5) is 10.3. The lowest BCUT2D eigenvalue weighted by Crippen LogP contribution is -1.96. The Hall–Kier alpha value is -0.770. The topological polar surface area (TPSA) is 17.1 Å². The van der Waals surface area contributed by atoms with E-state index in [2.05, 4.69) is 11.8 Å². The molecule has 0 unspecified atom stereocenters. The number of hydrogen-bond acceptors (Lipinski definition) is 1. The van der Waals surface area contributed by atoms with Gasteiger partial charge in [0.25, 0.3) is 0 Å². The van der Waals surface area contributed by atoms with Crippen molar-refractivity contribution >= 4 is 5.78 Å². The molecule has 0 spiro atoms. The first-order valence-electron chi connectivity index (χ1n) is 2.25. The van der Waals surface area contributed by atoms with Gasteiger partial charge < -0.3 is 0 Å². The van der Waals surface area contributed by atoms with E-state index in [9.17, 15) is 4.79 Å². The van der Waals surface area contributed by atoms with E-state index in [1.807, 2.05) is 6.42 Å². The first-order chi connectivity index (χ1) is 3.39. The molecule has 0 aromatic rings. The van der Waals surface area contributed by atoms with Crippen LogP contribution in [0.3, 0.4) is 0 Å². The summed E-state index contributed by atoms with van der Waals surface area (Å²) in [6.45, 7) is 0. The van der Waals surface area contributed by atoms with Gasteiger partial charge in [0, 0.05) is 12.8 Å². The molecule has 1 nitrogen and oxygen atoms in total. The monoisotopic (exact) mass is 93.0 g/mol. The lowest BCUT2D eigenvalue weighted by molar-refractivity contribution is -0.113. The Balaban J connectivity index is 2.62. The Kier molecular flexibility index (Phi) is 1.12. The standard InChI is InChI=1S/C6H5O/c7-6-4-2-1-3-5-6/h1H,2,4H2. The SMILES string of the molecule is O=C1C#C[CH]CC1. The van der Waals surface area contributed by atoms with E-state index in [4.69, 9.17) is 0 Å². The van der Waals surface area contributed by atoms with Crippen LogP contribution in [-0.4, -0.2) is 5.78 Å². The van der Waals surface area contributed by atoms with Gasteiger partial charge in [-0.3, -0.25) is 4.79 Å². The van der Waals surface area contributed by atoms with Crippen LogP contribution in [0.25, 0.3) is 0 Å². The van der Waals surface area contributed by atoms with Gasteiger partial charge in [0.05, 0.1) is 0 Å². The Morgan fingerprint density at radius 3 is 2.86 bits per heavy atom. The zero-order valence-corrected chi connectivity index (χ0v) is 3.90. The normalized spacial score (nSPS) is 18.0. The van der Waals surface area contributed by atoms with Crippen LogP contribution in [0.4, 0.5) is 0 Å². The minimum atomic E-state index is 0.0718. The molecule has 0 saturated carbocycles. The molecule has 1 aliphatic rings. The molecule has 0 fully saturated rings. The molecular weight excluding hydrogens is 88.1 g/mol. The molecule has 0 heterocycles. The molecule has 1 radical (unpaired) electrons. The molecule has 0 aromatic carbocycles. The molecule has 7 heavy (non-hydrogen) atoms. The third-order valence-corrected chi connectivity index (χ3v) is 0.829. The van der Waals surface area contributed by atoms with E-state index in [1.54, 1.807) is 0 Å².